The van der Waals surface area contributed by atoms with Gasteiger partial charge >= 0.3 is 0 Å². The fourth-order valence-corrected chi connectivity index (χ4v) is 0.982. The third kappa shape index (κ3) is 6.27. The van der Waals surface area contributed by atoms with Gasteiger partial charge in [0.25, 0.3) is 0 Å². The van der Waals surface area contributed by atoms with Gasteiger partial charge in [-0.2, -0.15) is 5.10 Å². The van der Waals surface area contributed by atoms with Crippen LogP contribution in [0.25, 0.3) is 0 Å². The summed E-state index contributed by atoms with van der Waals surface area (Å²) in [7, 11) is 6.38. The normalized spacial score (nSPS) is 9.69. The van der Waals surface area contributed by atoms with E-state index in [1.807, 2.05) is 0 Å². The monoisotopic (exact) mass is 291 g/mol. The van der Waals surface area contributed by atoms with Crippen LogP contribution in [0.2, 0.25) is 0 Å². The third-order valence-electron chi connectivity index (χ3n) is 1.89. The molecule has 0 aliphatic heterocycles. The van der Waals surface area contributed by atoms with E-state index in [1.165, 1.54) is 0 Å². The van der Waals surface area contributed by atoms with Crippen LogP contribution in [-0.4, -0.2) is 42.0 Å². The van der Waals surface area contributed by atoms with Gasteiger partial charge in [-0.25, -0.2) is 4.68 Å². The summed E-state index contributed by atoms with van der Waals surface area (Å²) in [5.74, 6) is 0.563. The Kier molecular flexibility index (Phi) is 10.3. The van der Waals surface area contributed by atoms with Crippen LogP contribution in [0, 0.1) is 0 Å². The molecule has 1 aromatic rings. The number of anilines is 2. The predicted octanol–water partition coefficient (Wildman–Crippen LogP) is -2.40. The Labute approximate surface area is 115 Å². The van der Waals surface area contributed by atoms with Crippen molar-refractivity contribution in [2.24, 2.45) is 0 Å². The highest BCUT2D eigenvalue weighted by molar-refractivity contribution is 5.85. The van der Waals surface area contributed by atoms with Crippen LogP contribution < -0.4 is 23.9 Å². The molecule has 1 aromatic heterocycles. The summed E-state index contributed by atoms with van der Waals surface area (Å²) in [5.41, 5.74) is 11.8. The van der Waals surface area contributed by atoms with E-state index in [0.717, 1.165) is 17.6 Å². The zero-order valence-corrected chi connectivity index (χ0v) is 12.1. The Morgan fingerprint density at radius 3 is 2.06 bits per heavy atom. The largest absolute Gasteiger partial charge is 1.00 e. The maximum absolute atomic E-state index is 5.70. The lowest BCUT2D eigenvalue weighted by Gasteiger charge is -2.23. The molecule has 0 saturated carbocycles. The number of hydrogen-bond donors (Lipinski definition) is 2. The minimum atomic E-state index is 0. The highest BCUT2D eigenvalue weighted by Crippen LogP contribution is 2.12. The molecule has 5 nitrogen and oxygen atoms in total. The molecule has 8 heteroatoms. The number of nitrogen functional groups attached to an aromatic ring is 2. The van der Waals surface area contributed by atoms with Crippen molar-refractivity contribution in [1.82, 2.24) is 9.78 Å². The molecule has 0 aliphatic rings. The Morgan fingerprint density at radius 1 is 1.25 bits per heavy atom. The maximum Gasteiger partial charge on any atom is 0.145 e. The number of quaternary nitrogens is 1. The van der Waals surface area contributed by atoms with E-state index in [1.54, 1.807) is 10.9 Å². The van der Waals surface area contributed by atoms with Crippen LogP contribution >= 0.6 is 24.8 Å². The molecule has 0 unspecified atom stereocenters. The summed E-state index contributed by atoms with van der Waals surface area (Å²) in [6.07, 6.45) is 1.59. The van der Waals surface area contributed by atoms with Gasteiger partial charge in [0.2, 0.25) is 0 Å². The van der Waals surface area contributed by atoms with Gasteiger partial charge in [-0.05, 0) is 0 Å². The Bertz CT molecular complexity index is 294. The van der Waals surface area contributed by atoms with Crippen LogP contribution in [0.1, 0.15) is 0 Å². The standard InChI is InChI=1S/C8H18N5.3ClH/c1-13(2,3)5-4-12-8(10)7(9)6-11-12;;;/h6H,4-5,9-10H2,1-3H3;3*1H/q+1;;;/p-1. The molecule has 0 radical (unpaired) electrons. The predicted molar refractivity (Wildman–Crippen MR) is 68.4 cm³/mol. The fourth-order valence-electron chi connectivity index (χ4n) is 0.982. The lowest BCUT2D eigenvalue weighted by Crippen LogP contribution is -3.00. The lowest BCUT2D eigenvalue weighted by molar-refractivity contribution is -0.871. The van der Waals surface area contributed by atoms with Gasteiger partial charge in [0, 0.05) is 0 Å². The van der Waals surface area contributed by atoms with Gasteiger partial charge in [-0.15, -0.1) is 24.8 Å². The van der Waals surface area contributed by atoms with Crippen molar-refractivity contribution in [2.45, 2.75) is 6.54 Å². The number of aromatic nitrogens is 2. The second-order valence-electron chi connectivity index (χ2n) is 4.22. The van der Waals surface area contributed by atoms with E-state index in [9.17, 15) is 0 Å². The summed E-state index contributed by atoms with van der Waals surface area (Å²) in [5, 5.41) is 4.08. The van der Waals surface area contributed by atoms with Crippen LogP contribution in [-0.2, 0) is 6.54 Å². The van der Waals surface area contributed by atoms with E-state index in [2.05, 4.69) is 26.2 Å². The highest BCUT2D eigenvalue weighted by atomic mass is 35.5. The number of hydrogen-bond acceptors (Lipinski definition) is 3. The average molecular weight is 293 g/mol. The van der Waals surface area contributed by atoms with E-state index >= 15 is 0 Å². The van der Waals surface area contributed by atoms with Crippen molar-refractivity contribution in [3.63, 3.8) is 0 Å². The molecule has 16 heavy (non-hydrogen) atoms. The summed E-state index contributed by atoms with van der Waals surface area (Å²) < 4.78 is 2.62. The molecule has 1 rings (SSSR count). The quantitative estimate of drug-likeness (QED) is 0.611. The van der Waals surface area contributed by atoms with E-state index in [0.29, 0.717) is 11.5 Å². The smallest absolute Gasteiger partial charge is 0.145 e. The lowest BCUT2D eigenvalue weighted by atomic mass is 10.5. The van der Waals surface area contributed by atoms with Crippen molar-refractivity contribution in [2.75, 3.05) is 39.2 Å². The molecule has 0 fully saturated rings. The number of rotatable bonds is 3. The minimum absolute atomic E-state index is 0. The van der Waals surface area contributed by atoms with E-state index in [4.69, 9.17) is 11.5 Å². The van der Waals surface area contributed by atoms with Crippen LogP contribution in [0.4, 0.5) is 11.5 Å². The average Bonchev–Trinajstić information content (AvgIpc) is 2.29. The van der Waals surface area contributed by atoms with Gasteiger partial charge in [0.1, 0.15) is 5.82 Å². The molecule has 0 bridgehead atoms. The van der Waals surface area contributed by atoms with Crippen molar-refractivity contribution >= 4 is 36.3 Å². The molecule has 0 amide bonds. The van der Waals surface area contributed by atoms with Crippen molar-refractivity contribution in [3.05, 3.63) is 6.20 Å². The Balaban J connectivity index is -0.000000563. The van der Waals surface area contributed by atoms with Gasteiger partial charge in [0.15, 0.2) is 0 Å². The van der Waals surface area contributed by atoms with Gasteiger partial charge < -0.3 is 28.4 Å². The molecular formula is C8H20Cl3N5. The van der Waals surface area contributed by atoms with Gasteiger partial charge in [-0.3, -0.25) is 0 Å². The molecule has 0 spiro atoms. The van der Waals surface area contributed by atoms with Crippen molar-refractivity contribution < 1.29 is 16.9 Å². The van der Waals surface area contributed by atoms with Crippen molar-refractivity contribution in [1.29, 1.82) is 0 Å². The first-order chi connectivity index (χ1) is 5.90. The first kappa shape index (κ1) is 21.0. The topological polar surface area (TPSA) is 69.9 Å². The maximum atomic E-state index is 5.70. The van der Waals surface area contributed by atoms with Crippen LogP contribution in [0.3, 0.4) is 0 Å². The molecule has 1 heterocycles. The number of nitrogens with two attached hydrogens (primary N) is 2. The van der Waals surface area contributed by atoms with Gasteiger partial charge in [-0.1, -0.05) is 0 Å². The number of nitrogens with zero attached hydrogens (tertiary/aromatic N) is 3. The first-order valence-corrected chi connectivity index (χ1v) is 4.27. The van der Waals surface area contributed by atoms with E-state index in [-0.39, 0.29) is 37.2 Å². The Hall–Kier alpha value is -0.360. The summed E-state index contributed by atoms with van der Waals surface area (Å²) in [6.45, 7) is 1.78. The molecule has 0 saturated heterocycles. The molecule has 98 valence electrons. The Morgan fingerprint density at radius 2 is 1.75 bits per heavy atom. The van der Waals surface area contributed by atoms with Crippen LogP contribution in [0.5, 0.6) is 0 Å². The molecular weight excluding hydrogens is 272 g/mol. The van der Waals surface area contributed by atoms with E-state index < -0.39 is 0 Å². The fraction of sp³-hybridized carbons (Fsp3) is 0.625. The molecule has 4 N–H and O–H groups in total. The zero-order valence-electron chi connectivity index (χ0n) is 9.68. The second-order valence-corrected chi connectivity index (χ2v) is 4.22. The SMILES string of the molecule is C[N+](C)(C)CCn1ncc(N)c1N.Cl.Cl.[Cl-]. The van der Waals surface area contributed by atoms with Crippen LogP contribution in [0.15, 0.2) is 6.20 Å². The summed E-state index contributed by atoms with van der Waals surface area (Å²) >= 11 is 0. The zero-order chi connectivity index (χ0) is 10.1. The van der Waals surface area contributed by atoms with Crippen molar-refractivity contribution in [3.8, 4) is 0 Å². The molecule has 0 aromatic carbocycles. The first-order valence-electron chi connectivity index (χ1n) is 4.27. The third-order valence-corrected chi connectivity index (χ3v) is 1.89. The highest BCUT2D eigenvalue weighted by Gasteiger charge is 2.09. The second kappa shape index (κ2) is 7.84. The summed E-state index contributed by atoms with van der Waals surface area (Å²) in [6, 6.07) is 0. The van der Waals surface area contributed by atoms with Gasteiger partial charge in [0.05, 0.1) is 46.1 Å². The number of halogens is 3. The molecule has 0 aliphatic carbocycles. The minimum Gasteiger partial charge on any atom is -1.00 e. The molecule has 0 atom stereocenters. The number of likely N-dealkylation sites (N-methyl/N-ethyl adjacent to an activating group) is 1. The summed E-state index contributed by atoms with van der Waals surface area (Å²) in [4.78, 5) is 0.